The molecular formula is C26H25FN4O2S. The second-order valence-corrected chi connectivity index (χ2v) is 9.38. The number of nitrogens with zero attached hydrogens (tertiary/aromatic N) is 3. The molecule has 0 spiro atoms. The zero-order valence-electron chi connectivity index (χ0n) is 18.8. The van der Waals surface area contributed by atoms with Crippen LogP contribution in [0.4, 0.5) is 14.3 Å². The number of methoxy groups -OCH3 is 1. The summed E-state index contributed by atoms with van der Waals surface area (Å²) in [4.78, 5) is 20.1. The average Bonchev–Trinajstić information content (AvgIpc) is 3.47. The van der Waals surface area contributed by atoms with Gasteiger partial charge in [-0.2, -0.15) is 0 Å². The molecule has 2 N–H and O–H groups in total. The van der Waals surface area contributed by atoms with E-state index < -0.39 is 6.03 Å². The molecule has 0 bridgehead atoms. The van der Waals surface area contributed by atoms with E-state index in [1.165, 1.54) is 23.0 Å². The Morgan fingerprint density at radius 2 is 1.88 bits per heavy atom. The van der Waals surface area contributed by atoms with Crippen LogP contribution in [0.5, 0.6) is 5.75 Å². The van der Waals surface area contributed by atoms with Gasteiger partial charge in [-0.05, 0) is 52.9 Å². The first kappa shape index (κ1) is 22.2. The third-order valence-electron chi connectivity index (χ3n) is 6.13. The van der Waals surface area contributed by atoms with Crippen molar-refractivity contribution in [3.8, 4) is 5.75 Å². The number of hydrogen-bond donors (Lipinski definition) is 1. The maximum Gasteiger partial charge on any atom is 0.315 e. The molecule has 34 heavy (non-hydrogen) atoms. The molecule has 0 radical (unpaired) electrons. The number of carbonyl (C=O) groups excluding carboxylic acids is 1. The first-order valence-corrected chi connectivity index (χ1v) is 11.9. The summed E-state index contributed by atoms with van der Waals surface area (Å²) in [6.45, 7) is 2.42. The van der Waals surface area contributed by atoms with Crippen molar-refractivity contribution in [2.45, 2.75) is 26.1 Å². The van der Waals surface area contributed by atoms with Crippen molar-refractivity contribution in [3.05, 3.63) is 88.7 Å². The summed E-state index contributed by atoms with van der Waals surface area (Å²) >= 11 is 1.37. The number of urea groups is 1. The summed E-state index contributed by atoms with van der Waals surface area (Å²) in [5.74, 6) is 0.575. The van der Waals surface area contributed by atoms with Gasteiger partial charge in [-0.1, -0.05) is 47.7 Å². The Bertz CT molecular complexity index is 1340. The van der Waals surface area contributed by atoms with Crippen LogP contribution < -0.4 is 15.4 Å². The highest BCUT2D eigenvalue weighted by atomic mass is 32.1. The normalized spacial score (nSPS) is 12.7. The van der Waals surface area contributed by atoms with Crippen molar-refractivity contribution < 1.29 is 13.9 Å². The monoisotopic (exact) mass is 476 g/mol. The van der Waals surface area contributed by atoms with Crippen molar-refractivity contribution >= 4 is 32.7 Å². The Hall–Kier alpha value is -3.65. The number of hydrogen-bond acceptors (Lipinski definition) is 5. The maximum atomic E-state index is 14.4. The summed E-state index contributed by atoms with van der Waals surface area (Å²) in [7, 11) is 1.66. The van der Waals surface area contributed by atoms with Crippen molar-refractivity contribution in [1.29, 1.82) is 0 Å². The SMILES string of the molecule is COc1ccc(CCN(Cc2ccc3c(c2)CN(C(N)=O)C3)c2nc3cccc(F)c3s2)cc1. The predicted octanol–water partition coefficient (Wildman–Crippen LogP) is 5.09. The van der Waals surface area contributed by atoms with E-state index in [-0.39, 0.29) is 5.82 Å². The fraction of sp³-hybridized carbons (Fsp3) is 0.231. The van der Waals surface area contributed by atoms with Gasteiger partial charge in [0.15, 0.2) is 5.13 Å². The summed E-state index contributed by atoms with van der Waals surface area (Å²) < 4.78 is 20.2. The first-order chi connectivity index (χ1) is 16.5. The molecule has 2 amide bonds. The summed E-state index contributed by atoms with van der Waals surface area (Å²) in [5.41, 5.74) is 10.7. The van der Waals surface area contributed by atoms with Crippen LogP contribution in [0.25, 0.3) is 10.2 Å². The number of nitrogens with two attached hydrogens (primary N) is 1. The molecule has 1 aromatic heterocycles. The van der Waals surface area contributed by atoms with Gasteiger partial charge < -0.3 is 20.3 Å². The average molecular weight is 477 g/mol. The molecule has 0 aliphatic carbocycles. The molecule has 0 fully saturated rings. The van der Waals surface area contributed by atoms with Crippen LogP contribution in [0, 0.1) is 5.82 Å². The van der Waals surface area contributed by atoms with Gasteiger partial charge in [0, 0.05) is 26.2 Å². The molecule has 6 nitrogen and oxygen atoms in total. The maximum absolute atomic E-state index is 14.4. The van der Waals surface area contributed by atoms with Gasteiger partial charge in [0.25, 0.3) is 0 Å². The molecule has 2 heterocycles. The Morgan fingerprint density at radius 3 is 2.62 bits per heavy atom. The number of rotatable bonds is 7. The van der Waals surface area contributed by atoms with Crippen LogP contribution >= 0.6 is 11.3 Å². The molecule has 1 aliphatic heterocycles. The number of fused-ring (bicyclic) bond motifs is 2. The first-order valence-electron chi connectivity index (χ1n) is 11.1. The van der Waals surface area contributed by atoms with Gasteiger partial charge in [0.2, 0.25) is 0 Å². The molecule has 0 saturated carbocycles. The van der Waals surface area contributed by atoms with Crippen molar-refractivity contribution in [2.24, 2.45) is 5.73 Å². The molecule has 0 unspecified atom stereocenters. The number of thiazole rings is 1. The van der Waals surface area contributed by atoms with E-state index in [0.29, 0.717) is 29.9 Å². The minimum absolute atomic E-state index is 0.250. The fourth-order valence-corrected chi connectivity index (χ4v) is 5.26. The second kappa shape index (κ2) is 9.30. The molecule has 4 aromatic rings. The standard InChI is InChI=1S/C26H25FN4O2S/c1-33-21-9-6-17(7-10-21)11-12-30(26-29-23-4-2-3-22(27)24(23)34-26)14-18-5-8-19-15-31(25(28)32)16-20(19)13-18/h2-10,13H,11-12,14-16H2,1H3,(H2,28,32). The third-order valence-corrected chi connectivity index (χ3v) is 7.27. The van der Waals surface area contributed by atoms with Gasteiger partial charge in [0.05, 0.1) is 17.3 Å². The third kappa shape index (κ3) is 4.54. The summed E-state index contributed by atoms with van der Waals surface area (Å²) in [6, 6.07) is 18.9. The van der Waals surface area contributed by atoms with E-state index in [9.17, 15) is 9.18 Å². The second-order valence-electron chi connectivity index (χ2n) is 8.40. The highest BCUT2D eigenvalue weighted by Crippen LogP contribution is 2.32. The number of carbonyl (C=O) groups is 1. The molecule has 0 saturated heterocycles. The van der Waals surface area contributed by atoms with Crippen LogP contribution in [0.2, 0.25) is 0 Å². The largest absolute Gasteiger partial charge is 0.497 e. The van der Waals surface area contributed by atoms with Crippen LogP contribution in [0.3, 0.4) is 0 Å². The summed E-state index contributed by atoms with van der Waals surface area (Å²) in [6.07, 6.45) is 0.808. The lowest BCUT2D eigenvalue weighted by molar-refractivity contribution is 0.208. The lowest BCUT2D eigenvalue weighted by atomic mass is 10.1. The zero-order chi connectivity index (χ0) is 23.7. The molecule has 3 aromatic carbocycles. The van der Waals surface area contributed by atoms with Gasteiger partial charge in [-0.25, -0.2) is 14.2 Å². The number of benzene rings is 3. The van der Waals surface area contributed by atoms with Gasteiger partial charge in [-0.15, -0.1) is 0 Å². The van der Waals surface area contributed by atoms with E-state index in [1.807, 2.05) is 18.2 Å². The van der Waals surface area contributed by atoms with Crippen molar-refractivity contribution in [1.82, 2.24) is 9.88 Å². The van der Waals surface area contributed by atoms with E-state index >= 15 is 0 Å². The fourth-order valence-electron chi connectivity index (χ4n) is 4.26. The zero-order valence-corrected chi connectivity index (χ0v) is 19.6. The summed E-state index contributed by atoms with van der Waals surface area (Å²) in [5, 5.41) is 0.785. The molecular weight excluding hydrogens is 451 g/mol. The minimum Gasteiger partial charge on any atom is -0.497 e. The number of aromatic nitrogens is 1. The lowest BCUT2D eigenvalue weighted by Gasteiger charge is -2.22. The number of halogens is 1. The van der Waals surface area contributed by atoms with E-state index in [1.54, 1.807) is 18.1 Å². The molecule has 0 atom stereocenters. The van der Waals surface area contributed by atoms with E-state index in [2.05, 4.69) is 35.2 Å². The van der Waals surface area contributed by atoms with Crippen LogP contribution in [0.15, 0.2) is 60.7 Å². The van der Waals surface area contributed by atoms with E-state index in [0.717, 1.165) is 40.5 Å². The van der Waals surface area contributed by atoms with Crippen LogP contribution in [0.1, 0.15) is 22.3 Å². The number of amides is 2. The number of ether oxygens (including phenoxy) is 1. The smallest absolute Gasteiger partial charge is 0.315 e. The number of primary amides is 1. The predicted molar refractivity (Wildman–Crippen MR) is 133 cm³/mol. The van der Waals surface area contributed by atoms with E-state index in [4.69, 9.17) is 15.5 Å². The molecule has 8 heteroatoms. The Morgan fingerprint density at radius 1 is 1.12 bits per heavy atom. The molecule has 5 rings (SSSR count). The van der Waals surface area contributed by atoms with Crippen molar-refractivity contribution in [2.75, 3.05) is 18.6 Å². The van der Waals surface area contributed by atoms with Gasteiger partial charge >= 0.3 is 6.03 Å². The molecule has 1 aliphatic rings. The van der Waals surface area contributed by atoms with Gasteiger partial charge in [0.1, 0.15) is 11.6 Å². The Kier molecular flexibility index (Phi) is 6.06. The van der Waals surface area contributed by atoms with Crippen LogP contribution in [-0.4, -0.2) is 29.6 Å². The van der Waals surface area contributed by atoms with Crippen molar-refractivity contribution in [3.63, 3.8) is 0 Å². The highest BCUT2D eigenvalue weighted by molar-refractivity contribution is 7.22. The topological polar surface area (TPSA) is 71.7 Å². The van der Waals surface area contributed by atoms with Gasteiger partial charge in [-0.3, -0.25) is 0 Å². The Labute approximate surface area is 201 Å². The molecule has 174 valence electrons. The Balaban J connectivity index is 1.41. The highest BCUT2D eigenvalue weighted by Gasteiger charge is 2.22. The quantitative estimate of drug-likeness (QED) is 0.403. The number of anilines is 1. The van der Waals surface area contributed by atoms with Crippen LogP contribution in [-0.2, 0) is 26.1 Å². The lowest BCUT2D eigenvalue weighted by Crippen LogP contribution is -2.30. The minimum atomic E-state index is -0.407.